The van der Waals surface area contributed by atoms with E-state index in [1.54, 1.807) is 0 Å². The molecule has 0 fully saturated rings. The lowest BCUT2D eigenvalue weighted by Crippen LogP contribution is -2.18. The summed E-state index contributed by atoms with van der Waals surface area (Å²) in [5.74, 6) is 0.989. The summed E-state index contributed by atoms with van der Waals surface area (Å²) < 4.78 is 5.96. The van der Waals surface area contributed by atoms with Crippen LogP contribution in [0.4, 0.5) is 0 Å². The van der Waals surface area contributed by atoms with Gasteiger partial charge in [0.15, 0.2) is 0 Å². The van der Waals surface area contributed by atoms with E-state index in [0.717, 1.165) is 23.5 Å². The average molecular weight is 267 g/mol. The summed E-state index contributed by atoms with van der Waals surface area (Å²) in [7, 11) is 0. The molecule has 0 aliphatic carbocycles. The number of benzene rings is 1. The van der Waals surface area contributed by atoms with Gasteiger partial charge in [0.2, 0.25) is 0 Å². The van der Waals surface area contributed by atoms with Crippen molar-refractivity contribution in [3.63, 3.8) is 0 Å². The van der Waals surface area contributed by atoms with Gasteiger partial charge in [-0.1, -0.05) is 18.2 Å². The monoisotopic (exact) mass is 267 g/mol. The minimum absolute atomic E-state index is 0.141. The lowest BCUT2D eigenvalue weighted by Gasteiger charge is -2.12. The summed E-state index contributed by atoms with van der Waals surface area (Å²) in [6.45, 7) is 4.93. The summed E-state index contributed by atoms with van der Waals surface area (Å²) in [6.07, 6.45) is 5.17. The second-order valence-corrected chi connectivity index (χ2v) is 4.94. The summed E-state index contributed by atoms with van der Waals surface area (Å²) in [5, 5.41) is 4.62. The van der Waals surface area contributed by atoms with Gasteiger partial charge in [0.25, 0.3) is 0 Å². The Labute approximate surface area is 117 Å². The first kappa shape index (κ1) is 12.8. The van der Waals surface area contributed by atoms with Crippen LogP contribution >= 0.6 is 0 Å². The maximum atomic E-state index is 5.96. The number of para-hydroxylation sites is 1. The van der Waals surface area contributed by atoms with Gasteiger partial charge in [0.05, 0.1) is 6.04 Å². The molecule has 0 amide bonds. The first-order valence-corrected chi connectivity index (χ1v) is 6.71. The highest BCUT2D eigenvalue weighted by atomic mass is 16.3. The van der Waals surface area contributed by atoms with Gasteiger partial charge in [0.1, 0.15) is 17.7 Å². The highest BCUT2D eigenvalue weighted by Crippen LogP contribution is 2.29. The van der Waals surface area contributed by atoms with E-state index in [0.29, 0.717) is 0 Å². The van der Waals surface area contributed by atoms with Gasteiger partial charge < -0.3 is 9.73 Å². The van der Waals surface area contributed by atoms with Gasteiger partial charge in [-0.2, -0.15) is 0 Å². The van der Waals surface area contributed by atoms with E-state index in [4.69, 9.17) is 4.42 Å². The molecule has 0 spiro atoms. The number of nitrogens with one attached hydrogen (secondary N) is 1. The lowest BCUT2D eigenvalue weighted by molar-refractivity contribution is 0.447. The van der Waals surface area contributed by atoms with E-state index < -0.39 is 0 Å². The molecule has 3 aromatic rings. The summed E-state index contributed by atoms with van der Waals surface area (Å²) in [6, 6.07) is 8.27. The predicted molar refractivity (Wildman–Crippen MR) is 78.2 cm³/mol. The van der Waals surface area contributed by atoms with Gasteiger partial charge in [-0.3, -0.25) is 0 Å². The van der Waals surface area contributed by atoms with Crippen LogP contribution in [-0.4, -0.2) is 9.97 Å². The van der Waals surface area contributed by atoms with Crippen molar-refractivity contribution in [3.8, 4) is 0 Å². The molecule has 0 aliphatic rings. The molecule has 102 valence electrons. The molecule has 20 heavy (non-hydrogen) atoms. The van der Waals surface area contributed by atoms with Gasteiger partial charge in [-0.05, 0) is 25.5 Å². The smallest absolute Gasteiger partial charge is 0.134 e. The molecular formula is C16H17N3O. The number of furan rings is 1. The molecule has 0 aliphatic heterocycles. The molecule has 0 radical (unpaired) electrons. The zero-order chi connectivity index (χ0) is 13.9. The van der Waals surface area contributed by atoms with E-state index in [-0.39, 0.29) is 6.04 Å². The number of aryl methyl sites for hydroxylation is 1. The Morgan fingerprint density at radius 2 is 1.95 bits per heavy atom. The molecule has 1 N–H and O–H groups in total. The first-order chi connectivity index (χ1) is 9.75. The fourth-order valence-electron chi connectivity index (χ4n) is 2.39. The molecule has 1 atom stereocenters. The van der Waals surface area contributed by atoms with Crippen molar-refractivity contribution in [1.29, 1.82) is 0 Å². The van der Waals surface area contributed by atoms with Crippen LogP contribution in [0.1, 0.15) is 29.9 Å². The third kappa shape index (κ3) is 2.42. The van der Waals surface area contributed by atoms with E-state index in [1.165, 1.54) is 17.3 Å². The number of fused-ring (bicyclic) bond motifs is 1. The second kappa shape index (κ2) is 5.43. The van der Waals surface area contributed by atoms with E-state index >= 15 is 0 Å². The standard InChI is InChI=1S/C16H17N3O/c1-11-14-5-3-4-6-15(14)20-16(11)12(2)19-9-13-7-17-10-18-8-13/h3-8,10,12,19H,9H2,1-2H3/t12-/m0/s1. The molecule has 1 aromatic carbocycles. The Kier molecular flexibility index (Phi) is 3.48. The SMILES string of the molecule is Cc1c([C@H](C)NCc2cncnc2)oc2ccccc12. The van der Waals surface area contributed by atoms with Crippen molar-refractivity contribution >= 4 is 11.0 Å². The van der Waals surface area contributed by atoms with Crippen LogP contribution in [0.25, 0.3) is 11.0 Å². The van der Waals surface area contributed by atoms with Crippen molar-refractivity contribution in [2.24, 2.45) is 0 Å². The maximum Gasteiger partial charge on any atom is 0.134 e. The molecule has 3 rings (SSSR count). The first-order valence-electron chi connectivity index (χ1n) is 6.71. The lowest BCUT2D eigenvalue weighted by atomic mass is 10.1. The second-order valence-electron chi connectivity index (χ2n) is 4.94. The van der Waals surface area contributed by atoms with E-state index in [9.17, 15) is 0 Å². The molecule has 4 nitrogen and oxygen atoms in total. The summed E-state index contributed by atoms with van der Waals surface area (Å²) in [4.78, 5) is 8.03. The number of hydrogen-bond donors (Lipinski definition) is 1. The maximum absolute atomic E-state index is 5.96. The number of aromatic nitrogens is 2. The molecule has 2 aromatic heterocycles. The Morgan fingerprint density at radius 3 is 2.70 bits per heavy atom. The highest BCUT2D eigenvalue weighted by Gasteiger charge is 2.15. The fraction of sp³-hybridized carbons (Fsp3) is 0.250. The van der Waals surface area contributed by atoms with Gasteiger partial charge in [0, 0.05) is 29.9 Å². The molecular weight excluding hydrogens is 250 g/mol. The topological polar surface area (TPSA) is 51.0 Å². The quantitative estimate of drug-likeness (QED) is 0.787. The third-order valence-corrected chi connectivity index (χ3v) is 3.50. The minimum atomic E-state index is 0.141. The van der Waals surface area contributed by atoms with Gasteiger partial charge >= 0.3 is 0 Å². The molecule has 2 heterocycles. The molecule has 4 heteroatoms. The molecule has 0 unspecified atom stereocenters. The Morgan fingerprint density at radius 1 is 1.20 bits per heavy atom. The number of rotatable bonds is 4. The van der Waals surface area contributed by atoms with Crippen LogP contribution in [0.2, 0.25) is 0 Å². The normalized spacial score (nSPS) is 12.7. The van der Waals surface area contributed by atoms with Crippen molar-refractivity contribution in [2.75, 3.05) is 0 Å². The van der Waals surface area contributed by atoms with Crippen molar-refractivity contribution < 1.29 is 4.42 Å². The highest BCUT2D eigenvalue weighted by molar-refractivity contribution is 5.82. The number of hydrogen-bond acceptors (Lipinski definition) is 4. The number of nitrogens with zero attached hydrogens (tertiary/aromatic N) is 2. The minimum Gasteiger partial charge on any atom is -0.459 e. The van der Waals surface area contributed by atoms with Crippen LogP contribution in [0.5, 0.6) is 0 Å². The zero-order valence-corrected chi connectivity index (χ0v) is 11.6. The van der Waals surface area contributed by atoms with Gasteiger partial charge in [-0.15, -0.1) is 0 Å². The van der Waals surface area contributed by atoms with Crippen LogP contribution in [0, 0.1) is 6.92 Å². The largest absolute Gasteiger partial charge is 0.459 e. The van der Waals surface area contributed by atoms with Crippen molar-refractivity contribution in [1.82, 2.24) is 15.3 Å². The Hall–Kier alpha value is -2.20. The third-order valence-electron chi connectivity index (χ3n) is 3.50. The summed E-state index contributed by atoms with van der Waals surface area (Å²) >= 11 is 0. The Bertz CT molecular complexity index is 706. The van der Waals surface area contributed by atoms with Crippen molar-refractivity contribution in [3.05, 3.63) is 59.9 Å². The van der Waals surface area contributed by atoms with E-state index in [2.05, 4.69) is 35.2 Å². The predicted octanol–water partition coefficient (Wildman–Crippen LogP) is 3.38. The molecule has 0 saturated carbocycles. The average Bonchev–Trinajstić information content (AvgIpc) is 2.84. The zero-order valence-electron chi connectivity index (χ0n) is 11.6. The van der Waals surface area contributed by atoms with Gasteiger partial charge in [-0.25, -0.2) is 9.97 Å². The summed E-state index contributed by atoms with van der Waals surface area (Å²) in [5.41, 5.74) is 3.20. The van der Waals surface area contributed by atoms with Crippen LogP contribution < -0.4 is 5.32 Å². The van der Waals surface area contributed by atoms with Crippen LogP contribution in [-0.2, 0) is 6.54 Å². The fourth-order valence-corrected chi connectivity index (χ4v) is 2.39. The van der Waals surface area contributed by atoms with E-state index in [1.807, 2.05) is 30.6 Å². The Balaban J connectivity index is 1.79. The van der Waals surface area contributed by atoms with Crippen molar-refractivity contribution in [2.45, 2.75) is 26.4 Å². The molecule has 0 saturated heterocycles. The van der Waals surface area contributed by atoms with Crippen LogP contribution in [0.15, 0.2) is 47.4 Å². The molecule has 0 bridgehead atoms. The van der Waals surface area contributed by atoms with Crippen LogP contribution in [0.3, 0.4) is 0 Å².